The molecule has 0 amide bonds. The topological polar surface area (TPSA) is 85.1 Å². The number of rotatable bonds is 4. The number of hydrazine groups is 1. The minimum Gasteiger partial charge on any atom is -0.405 e. The first-order valence-electron chi connectivity index (χ1n) is 5.48. The molecule has 1 aromatic carbocycles. The maximum atomic E-state index is 12.2. The molecule has 112 valence electrons. The summed E-state index contributed by atoms with van der Waals surface area (Å²) in [5, 5.41) is 2.87. The van der Waals surface area contributed by atoms with E-state index in [2.05, 4.69) is 41.4 Å². The molecule has 10 heteroatoms. The van der Waals surface area contributed by atoms with E-state index in [9.17, 15) is 13.2 Å². The van der Waals surface area contributed by atoms with Crippen LogP contribution in [-0.2, 0) is 0 Å². The van der Waals surface area contributed by atoms with Crippen molar-refractivity contribution in [3.63, 3.8) is 0 Å². The lowest BCUT2D eigenvalue weighted by Gasteiger charge is -2.12. The first kappa shape index (κ1) is 15.3. The predicted octanol–water partition coefficient (Wildman–Crippen LogP) is 3.17. The third-order valence-electron chi connectivity index (χ3n) is 2.21. The summed E-state index contributed by atoms with van der Waals surface area (Å²) in [7, 11) is 0. The van der Waals surface area contributed by atoms with Crippen LogP contribution in [0.3, 0.4) is 0 Å². The minimum atomic E-state index is -4.75. The van der Waals surface area contributed by atoms with E-state index >= 15 is 0 Å². The second-order valence-corrected chi connectivity index (χ2v) is 4.61. The fourth-order valence-electron chi connectivity index (χ4n) is 1.43. The lowest BCUT2D eigenvalue weighted by atomic mass is 10.3. The van der Waals surface area contributed by atoms with Crippen LogP contribution in [-0.4, -0.2) is 16.3 Å². The summed E-state index contributed by atoms with van der Waals surface area (Å²) < 4.78 is 40.5. The average molecular weight is 364 g/mol. The molecule has 6 nitrogen and oxygen atoms in total. The van der Waals surface area contributed by atoms with Gasteiger partial charge in [0.15, 0.2) is 11.6 Å². The molecule has 0 unspecified atom stereocenters. The van der Waals surface area contributed by atoms with Gasteiger partial charge in [-0.1, -0.05) is 0 Å². The molecule has 0 fully saturated rings. The van der Waals surface area contributed by atoms with Gasteiger partial charge >= 0.3 is 6.36 Å². The van der Waals surface area contributed by atoms with Crippen molar-refractivity contribution in [3.05, 3.63) is 35.1 Å². The van der Waals surface area contributed by atoms with E-state index in [4.69, 9.17) is 5.84 Å². The Morgan fingerprint density at radius 1 is 1.19 bits per heavy atom. The number of nitrogen functional groups attached to an aromatic ring is 1. The van der Waals surface area contributed by atoms with Crippen molar-refractivity contribution < 1.29 is 17.9 Å². The highest BCUT2D eigenvalue weighted by Crippen LogP contribution is 2.33. The molecule has 0 atom stereocenters. The number of halogens is 4. The van der Waals surface area contributed by atoms with E-state index in [1.165, 1.54) is 30.6 Å². The van der Waals surface area contributed by atoms with E-state index < -0.39 is 6.36 Å². The lowest BCUT2D eigenvalue weighted by Crippen LogP contribution is -2.17. The van der Waals surface area contributed by atoms with Crippen molar-refractivity contribution in [2.24, 2.45) is 5.84 Å². The average Bonchev–Trinajstić information content (AvgIpc) is 2.41. The molecule has 2 rings (SSSR count). The van der Waals surface area contributed by atoms with Gasteiger partial charge in [-0.25, -0.2) is 10.8 Å². The predicted molar refractivity (Wildman–Crippen MR) is 73.9 cm³/mol. The second-order valence-electron chi connectivity index (χ2n) is 3.75. The van der Waals surface area contributed by atoms with E-state index in [0.29, 0.717) is 17.3 Å². The highest BCUT2D eigenvalue weighted by atomic mass is 79.9. The van der Waals surface area contributed by atoms with Crippen molar-refractivity contribution in [2.75, 3.05) is 10.7 Å². The summed E-state index contributed by atoms with van der Waals surface area (Å²) >= 11 is 3.01. The van der Waals surface area contributed by atoms with Crippen LogP contribution in [0.25, 0.3) is 0 Å². The molecule has 0 saturated carbocycles. The van der Waals surface area contributed by atoms with Gasteiger partial charge < -0.3 is 15.5 Å². The Morgan fingerprint density at radius 3 is 2.52 bits per heavy atom. The summed E-state index contributed by atoms with van der Waals surface area (Å²) in [5.41, 5.74) is 2.83. The fraction of sp³-hybridized carbons (Fsp3) is 0.0909. The highest BCUT2D eigenvalue weighted by molar-refractivity contribution is 9.10. The van der Waals surface area contributed by atoms with Gasteiger partial charge in [0.1, 0.15) is 5.75 Å². The van der Waals surface area contributed by atoms with Gasteiger partial charge in [0.05, 0.1) is 16.9 Å². The summed E-state index contributed by atoms with van der Waals surface area (Å²) in [6.07, 6.45) is -1.89. The summed E-state index contributed by atoms with van der Waals surface area (Å²) in [6, 6.07) is 4.01. The number of alkyl halides is 3. The highest BCUT2D eigenvalue weighted by Gasteiger charge is 2.31. The number of anilines is 3. The molecule has 0 saturated heterocycles. The quantitative estimate of drug-likeness (QED) is 0.571. The van der Waals surface area contributed by atoms with Crippen molar-refractivity contribution >= 4 is 33.3 Å². The molecular weight excluding hydrogens is 355 g/mol. The Hall–Kier alpha value is -2.07. The van der Waals surface area contributed by atoms with Crippen molar-refractivity contribution in [1.29, 1.82) is 0 Å². The van der Waals surface area contributed by atoms with Crippen LogP contribution in [0.2, 0.25) is 0 Å². The zero-order chi connectivity index (χ0) is 15.5. The molecule has 0 aliphatic heterocycles. The second kappa shape index (κ2) is 6.14. The molecule has 0 aliphatic rings. The first-order chi connectivity index (χ1) is 9.87. The number of nitrogens with zero attached hydrogens (tertiary/aromatic N) is 2. The van der Waals surface area contributed by atoms with Crippen LogP contribution in [0.5, 0.6) is 5.75 Å². The molecule has 21 heavy (non-hydrogen) atoms. The molecule has 0 aliphatic carbocycles. The Bertz CT molecular complexity index is 637. The van der Waals surface area contributed by atoms with Crippen LogP contribution >= 0.6 is 15.9 Å². The third-order valence-corrected chi connectivity index (χ3v) is 2.83. The number of hydrogen-bond donors (Lipinski definition) is 3. The smallest absolute Gasteiger partial charge is 0.405 e. The molecule has 0 radical (unpaired) electrons. The Balaban J connectivity index is 2.16. The Labute approximate surface area is 125 Å². The molecule has 0 spiro atoms. The van der Waals surface area contributed by atoms with Crippen LogP contribution in [0.4, 0.5) is 30.5 Å². The normalized spacial score (nSPS) is 11.1. The zero-order valence-corrected chi connectivity index (χ0v) is 11.9. The molecule has 1 aromatic heterocycles. The van der Waals surface area contributed by atoms with Crippen LogP contribution in [0, 0.1) is 0 Å². The zero-order valence-electron chi connectivity index (χ0n) is 10.3. The largest absolute Gasteiger partial charge is 0.573 e. The van der Waals surface area contributed by atoms with Gasteiger partial charge in [-0.15, -0.1) is 13.2 Å². The van der Waals surface area contributed by atoms with Crippen LogP contribution in [0.15, 0.2) is 35.1 Å². The number of nitrogens with two attached hydrogens (primary N) is 1. The maximum Gasteiger partial charge on any atom is 0.573 e. The van der Waals surface area contributed by atoms with Crippen molar-refractivity contribution in [2.45, 2.75) is 6.36 Å². The van der Waals surface area contributed by atoms with Gasteiger partial charge in [-0.2, -0.15) is 0 Å². The molecule has 1 heterocycles. The van der Waals surface area contributed by atoms with Gasteiger partial charge in [0, 0.05) is 5.69 Å². The minimum absolute atomic E-state index is 0.144. The van der Waals surface area contributed by atoms with Gasteiger partial charge in [-0.3, -0.25) is 4.98 Å². The van der Waals surface area contributed by atoms with Gasteiger partial charge in [-0.05, 0) is 34.1 Å². The van der Waals surface area contributed by atoms with Gasteiger partial charge in [0.25, 0.3) is 0 Å². The molecular formula is C11H9BrF3N5O. The van der Waals surface area contributed by atoms with Crippen molar-refractivity contribution in [1.82, 2.24) is 9.97 Å². The summed E-state index contributed by atoms with van der Waals surface area (Å²) in [5.74, 6) is 5.59. The molecule has 4 N–H and O–H groups in total. The number of nitrogens with one attached hydrogen (secondary N) is 2. The number of aromatic nitrogens is 2. The third kappa shape index (κ3) is 4.46. The van der Waals surface area contributed by atoms with E-state index in [1.807, 2.05) is 0 Å². The van der Waals surface area contributed by atoms with Gasteiger partial charge in [0.2, 0.25) is 0 Å². The lowest BCUT2D eigenvalue weighted by molar-refractivity contribution is -0.274. The SMILES string of the molecule is NNc1cncc(Nc2ccc(OC(F)(F)F)c(Br)c2)n1. The van der Waals surface area contributed by atoms with E-state index in [1.54, 1.807) is 0 Å². The first-order valence-corrected chi connectivity index (χ1v) is 6.27. The Kier molecular flexibility index (Phi) is 4.48. The van der Waals surface area contributed by atoms with E-state index in [0.717, 1.165) is 0 Å². The maximum absolute atomic E-state index is 12.2. The standard InChI is InChI=1S/C11H9BrF3N5O/c12-7-3-6(1-2-8(7)21-11(13,14)15)18-9-4-17-5-10(19-9)20-16/h1-5H,16H2,(H2,18,19,20). The van der Waals surface area contributed by atoms with E-state index in [-0.39, 0.29) is 10.2 Å². The Morgan fingerprint density at radius 2 is 1.90 bits per heavy atom. The molecule has 2 aromatic rings. The number of benzene rings is 1. The molecule has 0 bridgehead atoms. The fourth-order valence-corrected chi connectivity index (χ4v) is 1.89. The number of hydrogen-bond acceptors (Lipinski definition) is 6. The van der Waals surface area contributed by atoms with Crippen LogP contribution < -0.4 is 21.3 Å². The monoisotopic (exact) mass is 363 g/mol. The number of ether oxygens (including phenoxy) is 1. The van der Waals surface area contributed by atoms with Crippen LogP contribution in [0.1, 0.15) is 0 Å². The summed E-state index contributed by atoms with van der Waals surface area (Å²) in [4.78, 5) is 7.95. The van der Waals surface area contributed by atoms with Crippen molar-refractivity contribution in [3.8, 4) is 5.75 Å². The summed E-state index contributed by atoms with van der Waals surface area (Å²) in [6.45, 7) is 0.